The third kappa shape index (κ3) is 8.53. The lowest BCUT2D eigenvalue weighted by atomic mass is 10.3. The van der Waals surface area contributed by atoms with Gasteiger partial charge in [0.05, 0.1) is 0 Å². The van der Waals surface area contributed by atoms with E-state index < -0.39 is 0 Å². The minimum Gasteiger partial charge on any atom is -0.0654 e. The maximum absolute atomic E-state index is 2.31. The molecule has 0 aromatic heterocycles. The van der Waals surface area contributed by atoms with Gasteiger partial charge < -0.3 is 0 Å². The van der Waals surface area contributed by atoms with Gasteiger partial charge in [-0.3, -0.25) is 0 Å². The lowest BCUT2D eigenvalue weighted by molar-refractivity contribution is 0.750. The fraction of sp³-hybridized carbons (Fsp3) is 1.00. The van der Waals surface area contributed by atoms with Gasteiger partial charge >= 0.3 is 0 Å². The van der Waals surface area contributed by atoms with E-state index in [1.165, 1.54) is 25.7 Å². The summed E-state index contributed by atoms with van der Waals surface area (Å²) in [6.07, 6.45) is 8.86. The number of rotatable bonds is 8. The lowest BCUT2D eigenvalue weighted by Crippen LogP contribution is -2.11. The second-order valence-corrected chi connectivity index (χ2v) is 12.4. The van der Waals surface area contributed by atoms with Crippen molar-refractivity contribution in [3.05, 3.63) is 0 Å². The summed E-state index contributed by atoms with van der Waals surface area (Å²) in [5.74, 6) is 0. The van der Waals surface area contributed by atoms with Gasteiger partial charge in [-0.05, 0) is 9.76 Å². The first kappa shape index (κ1) is 12.4. The molecule has 0 amide bonds. The van der Waals surface area contributed by atoms with Crippen LogP contribution in [-0.4, -0.2) is 18.1 Å². The molecular weight excluding hydrogens is 176 g/mol. The van der Waals surface area contributed by atoms with Gasteiger partial charge in [-0.2, -0.15) is 0 Å². The second-order valence-electron chi connectivity index (χ2n) is 4.10. The molecule has 0 bridgehead atoms. The Morgan fingerprint density at radius 3 is 1.58 bits per heavy atom. The summed E-state index contributed by atoms with van der Waals surface area (Å²) in [6.45, 7) is 4.61. The monoisotopic (exact) mass is 202 g/mol. The van der Waals surface area contributed by atoms with E-state index in [0.29, 0.717) is 0 Å². The van der Waals surface area contributed by atoms with E-state index in [1.807, 2.05) is 0 Å². The average Bonchev–Trinajstić information content (AvgIpc) is 2.06. The van der Waals surface area contributed by atoms with Gasteiger partial charge in [0.15, 0.2) is 0 Å². The third-order valence-corrected chi connectivity index (χ3v) is 8.85. The molecular formula is C10H26Si2. The van der Waals surface area contributed by atoms with Crippen LogP contribution in [0.1, 0.15) is 52.4 Å². The quantitative estimate of drug-likeness (QED) is 0.419. The van der Waals surface area contributed by atoms with Gasteiger partial charge in [-0.1, -0.05) is 64.5 Å². The first-order valence-electron chi connectivity index (χ1n) is 5.81. The molecule has 0 fully saturated rings. The topological polar surface area (TPSA) is 0 Å². The Balaban J connectivity index is 3.04. The van der Waals surface area contributed by atoms with Gasteiger partial charge in [0.2, 0.25) is 0 Å². The molecule has 0 N–H and O–H groups in total. The molecule has 2 heteroatoms. The second kappa shape index (κ2) is 9.52. The fourth-order valence-corrected chi connectivity index (χ4v) is 6.34. The molecule has 12 heavy (non-hydrogen) atoms. The van der Waals surface area contributed by atoms with Crippen LogP contribution < -0.4 is 0 Å². The number of unbranched alkanes of at least 4 members (excludes halogenated alkanes) is 4. The largest absolute Gasteiger partial charge is 0.0654 e. The molecule has 0 saturated carbocycles. The maximum atomic E-state index is 2.31. The standard InChI is InChI=1S/C10H26Si2/c1-3-5-7-9-12(11)10-8-6-4-2/h12H,3-10H2,1-2,11H3. The van der Waals surface area contributed by atoms with E-state index in [0.717, 1.165) is 0 Å². The van der Waals surface area contributed by atoms with Crippen molar-refractivity contribution >= 4 is 18.1 Å². The highest BCUT2D eigenvalue weighted by Crippen LogP contribution is 2.09. The normalized spacial score (nSPS) is 11.2. The molecule has 0 spiro atoms. The Morgan fingerprint density at radius 2 is 1.25 bits per heavy atom. The molecule has 0 nitrogen and oxygen atoms in total. The van der Waals surface area contributed by atoms with E-state index in [-0.39, 0.29) is 8.31 Å². The lowest BCUT2D eigenvalue weighted by Gasteiger charge is -2.08. The summed E-state index contributed by atoms with van der Waals surface area (Å²) in [6, 6.07) is 3.31. The minimum atomic E-state index is -0.126. The van der Waals surface area contributed by atoms with Crippen molar-refractivity contribution in [3.63, 3.8) is 0 Å². The van der Waals surface area contributed by atoms with Crippen LogP contribution in [0.4, 0.5) is 0 Å². The van der Waals surface area contributed by atoms with E-state index >= 15 is 0 Å². The zero-order valence-corrected chi connectivity index (χ0v) is 12.4. The summed E-state index contributed by atoms with van der Waals surface area (Å²) in [4.78, 5) is 0. The molecule has 0 unspecified atom stereocenters. The molecule has 0 rings (SSSR count). The number of hydrogen-bond acceptors (Lipinski definition) is 0. The van der Waals surface area contributed by atoms with E-state index in [9.17, 15) is 0 Å². The molecule has 0 saturated heterocycles. The van der Waals surface area contributed by atoms with Crippen molar-refractivity contribution in [1.82, 2.24) is 0 Å². The Morgan fingerprint density at radius 1 is 0.833 bits per heavy atom. The summed E-state index contributed by atoms with van der Waals surface area (Å²) < 4.78 is 0. The predicted molar refractivity (Wildman–Crippen MR) is 65.8 cm³/mol. The minimum absolute atomic E-state index is 0.126. The van der Waals surface area contributed by atoms with Gasteiger partial charge in [0, 0.05) is 8.31 Å². The van der Waals surface area contributed by atoms with E-state index in [2.05, 4.69) is 13.8 Å². The highest BCUT2D eigenvalue weighted by Gasteiger charge is 2.02. The smallest absolute Gasteiger partial charge is 0.0202 e. The van der Waals surface area contributed by atoms with Crippen molar-refractivity contribution in [3.8, 4) is 0 Å². The van der Waals surface area contributed by atoms with Crippen LogP contribution in [0.15, 0.2) is 0 Å². The molecule has 0 aromatic carbocycles. The maximum Gasteiger partial charge on any atom is 0.0202 e. The van der Waals surface area contributed by atoms with Crippen LogP contribution in [0.25, 0.3) is 0 Å². The van der Waals surface area contributed by atoms with Crippen LogP contribution in [0.2, 0.25) is 12.1 Å². The molecule has 0 aliphatic carbocycles. The van der Waals surface area contributed by atoms with Gasteiger partial charge in [-0.15, -0.1) is 0 Å². The van der Waals surface area contributed by atoms with Crippen molar-refractivity contribution in [2.24, 2.45) is 0 Å². The molecule has 0 aliphatic rings. The van der Waals surface area contributed by atoms with Crippen LogP contribution >= 0.6 is 0 Å². The van der Waals surface area contributed by atoms with E-state index in [4.69, 9.17) is 0 Å². The molecule has 0 radical (unpaired) electrons. The average molecular weight is 202 g/mol. The summed E-state index contributed by atoms with van der Waals surface area (Å²) >= 11 is 0. The van der Waals surface area contributed by atoms with Crippen LogP contribution in [0, 0.1) is 0 Å². The van der Waals surface area contributed by atoms with Crippen LogP contribution in [0.5, 0.6) is 0 Å². The molecule has 74 valence electrons. The van der Waals surface area contributed by atoms with Crippen molar-refractivity contribution in [2.45, 2.75) is 64.5 Å². The highest BCUT2D eigenvalue weighted by atomic mass is 29.1. The van der Waals surface area contributed by atoms with Gasteiger partial charge in [-0.25, -0.2) is 0 Å². The summed E-state index contributed by atoms with van der Waals surface area (Å²) in [5.41, 5.74) is 0. The molecule has 0 atom stereocenters. The van der Waals surface area contributed by atoms with Gasteiger partial charge in [0.1, 0.15) is 0 Å². The van der Waals surface area contributed by atoms with Gasteiger partial charge in [0.25, 0.3) is 0 Å². The SMILES string of the molecule is CCCCC[SiH]([SiH3])CCCCC. The van der Waals surface area contributed by atoms with E-state index in [1.54, 1.807) is 34.7 Å². The van der Waals surface area contributed by atoms with Crippen molar-refractivity contribution in [2.75, 3.05) is 0 Å². The molecule has 0 heterocycles. The van der Waals surface area contributed by atoms with Crippen LogP contribution in [-0.2, 0) is 0 Å². The Hall–Kier alpha value is 0.434. The van der Waals surface area contributed by atoms with Crippen molar-refractivity contribution < 1.29 is 0 Å². The first-order chi connectivity index (χ1) is 5.81. The predicted octanol–water partition coefficient (Wildman–Crippen LogP) is 2.46. The Kier molecular flexibility index (Phi) is 9.87. The highest BCUT2D eigenvalue weighted by molar-refractivity contribution is 7.03. The summed E-state index contributed by atoms with van der Waals surface area (Å²) in [5, 5.41) is 0. The zero-order valence-electron chi connectivity index (χ0n) is 9.23. The Labute approximate surface area is 83.0 Å². The fourth-order valence-electron chi connectivity index (χ4n) is 1.63. The zero-order chi connectivity index (χ0) is 9.23. The Bertz CT molecular complexity index is 73.9. The molecule has 0 aromatic rings. The van der Waals surface area contributed by atoms with Crippen molar-refractivity contribution in [1.29, 1.82) is 0 Å². The summed E-state index contributed by atoms with van der Waals surface area (Å²) in [7, 11) is 1.44. The first-order valence-corrected chi connectivity index (χ1v) is 12.1. The molecule has 0 aliphatic heterocycles. The third-order valence-electron chi connectivity index (χ3n) is 2.60. The van der Waals surface area contributed by atoms with Crippen LogP contribution in [0.3, 0.4) is 0 Å². The number of hydrogen-bond donors (Lipinski definition) is 0.